The molecule has 0 spiro atoms. The van der Waals surface area contributed by atoms with Gasteiger partial charge in [-0.15, -0.1) is 0 Å². The summed E-state index contributed by atoms with van der Waals surface area (Å²) in [5, 5.41) is 23.2. The van der Waals surface area contributed by atoms with E-state index in [2.05, 4.69) is 36.5 Å². The van der Waals surface area contributed by atoms with Gasteiger partial charge in [-0.25, -0.2) is 0 Å². The second-order valence-electron chi connectivity index (χ2n) is 7.43. The first kappa shape index (κ1) is 20.0. The number of hydrogen-bond acceptors (Lipinski definition) is 4. The number of aromatic nitrogens is 3. The Morgan fingerprint density at radius 1 is 0.867 bits per heavy atom. The van der Waals surface area contributed by atoms with Crippen LogP contribution in [0.1, 0.15) is 28.5 Å². The largest absolute Gasteiger partial charge is 0.387 e. The van der Waals surface area contributed by atoms with Crippen LogP contribution in [0, 0.1) is 6.92 Å². The molecule has 0 amide bonds. The normalized spacial score (nSPS) is 12.1. The highest BCUT2D eigenvalue weighted by Crippen LogP contribution is 2.21. The van der Waals surface area contributed by atoms with Gasteiger partial charge in [0, 0.05) is 18.7 Å². The van der Waals surface area contributed by atoms with Gasteiger partial charge in [-0.1, -0.05) is 90.5 Å². The van der Waals surface area contributed by atoms with Gasteiger partial charge in [0.05, 0.1) is 12.6 Å². The molecule has 0 aliphatic rings. The fourth-order valence-corrected chi connectivity index (χ4v) is 3.37. The minimum absolute atomic E-state index is 0.447. The quantitative estimate of drug-likeness (QED) is 0.469. The van der Waals surface area contributed by atoms with E-state index in [1.807, 2.05) is 60.7 Å². The first-order valence-corrected chi connectivity index (χ1v) is 10.2. The zero-order valence-electron chi connectivity index (χ0n) is 17.1. The summed E-state index contributed by atoms with van der Waals surface area (Å²) in [4.78, 5) is 1.75. The molecular weight excluding hydrogens is 372 g/mol. The van der Waals surface area contributed by atoms with E-state index in [1.54, 1.807) is 4.80 Å². The lowest BCUT2D eigenvalue weighted by Gasteiger charge is -2.11. The highest BCUT2D eigenvalue weighted by atomic mass is 16.3. The van der Waals surface area contributed by atoms with Gasteiger partial charge in [-0.05, 0) is 18.1 Å². The molecule has 1 aromatic heterocycles. The average Bonchev–Trinajstić information content (AvgIpc) is 3.19. The summed E-state index contributed by atoms with van der Waals surface area (Å²) in [5.41, 5.74) is 6.07. The first-order valence-electron chi connectivity index (χ1n) is 10.2. The van der Waals surface area contributed by atoms with Crippen LogP contribution >= 0.6 is 0 Å². The van der Waals surface area contributed by atoms with Crippen molar-refractivity contribution in [2.75, 3.05) is 6.54 Å². The Balaban J connectivity index is 1.50. The van der Waals surface area contributed by atoms with Crippen LogP contribution in [0.15, 0.2) is 84.9 Å². The molecule has 152 valence electrons. The topological polar surface area (TPSA) is 63.0 Å². The Kier molecular flexibility index (Phi) is 6.32. The van der Waals surface area contributed by atoms with Crippen LogP contribution in [0.4, 0.5) is 0 Å². The van der Waals surface area contributed by atoms with E-state index in [0.29, 0.717) is 19.6 Å². The Labute approximate surface area is 177 Å². The lowest BCUT2D eigenvalue weighted by atomic mass is 10.1. The summed E-state index contributed by atoms with van der Waals surface area (Å²) < 4.78 is 0. The number of aliphatic hydroxyl groups excluding tert-OH is 1. The van der Waals surface area contributed by atoms with Crippen molar-refractivity contribution in [3.05, 3.63) is 107 Å². The van der Waals surface area contributed by atoms with Crippen molar-refractivity contribution in [1.29, 1.82) is 0 Å². The SMILES string of the molecule is Cc1ccc(Cn2nc(CNC[C@H](O)c3ccccc3)c(-c3ccccc3)n2)cc1. The molecule has 0 radical (unpaired) electrons. The maximum absolute atomic E-state index is 10.4. The van der Waals surface area contributed by atoms with E-state index in [4.69, 9.17) is 10.2 Å². The second-order valence-corrected chi connectivity index (χ2v) is 7.43. The molecule has 30 heavy (non-hydrogen) atoms. The van der Waals surface area contributed by atoms with Gasteiger partial charge in [-0.3, -0.25) is 0 Å². The Morgan fingerprint density at radius 2 is 1.53 bits per heavy atom. The summed E-state index contributed by atoms with van der Waals surface area (Å²) in [7, 11) is 0. The predicted octanol–water partition coefficient (Wildman–Crippen LogP) is 4.13. The lowest BCUT2D eigenvalue weighted by Crippen LogP contribution is -2.21. The van der Waals surface area contributed by atoms with Gasteiger partial charge >= 0.3 is 0 Å². The number of rotatable bonds is 8. The molecule has 0 saturated heterocycles. The van der Waals surface area contributed by atoms with E-state index in [1.165, 1.54) is 5.56 Å². The van der Waals surface area contributed by atoms with Crippen molar-refractivity contribution in [1.82, 2.24) is 20.3 Å². The molecule has 0 saturated carbocycles. The van der Waals surface area contributed by atoms with Gasteiger partial charge in [0.25, 0.3) is 0 Å². The summed E-state index contributed by atoms with van der Waals surface area (Å²) in [6, 6.07) is 28.2. The molecule has 2 N–H and O–H groups in total. The highest BCUT2D eigenvalue weighted by Gasteiger charge is 2.14. The maximum Gasteiger partial charge on any atom is 0.117 e. The average molecular weight is 399 g/mol. The minimum atomic E-state index is -0.561. The number of aryl methyl sites for hydroxylation is 1. The molecule has 1 heterocycles. The van der Waals surface area contributed by atoms with Crippen LogP contribution in [0.25, 0.3) is 11.3 Å². The number of hydrogen-bond donors (Lipinski definition) is 2. The number of nitrogens with one attached hydrogen (secondary N) is 1. The minimum Gasteiger partial charge on any atom is -0.387 e. The molecule has 0 unspecified atom stereocenters. The van der Waals surface area contributed by atoms with Gasteiger partial charge in [-0.2, -0.15) is 15.0 Å². The molecule has 5 nitrogen and oxygen atoms in total. The van der Waals surface area contributed by atoms with Gasteiger partial charge in [0.15, 0.2) is 0 Å². The van der Waals surface area contributed by atoms with E-state index in [0.717, 1.165) is 28.1 Å². The Morgan fingerprint density at radius 3 is 2.23 bits per heavy atom. The van der Waals surface area contributed by atoms with Crippen LogP contribution < -0.4 is 5.32 Å². The van der Waals surface area contributed by atoms with E-state index < -0.39 is 6.10 Å². The zero-order chi connectivity index (χ0) is 20.8. The molecule has 3 aromatic carbocycles. The molecule has 0 fully saturated rings. The molecule has 1 atom stereocenters. The van der Waals surface area contributed by atoms with Crippen molar-refractivity contribution in [3.63, 3.8) is 0 Å². The van der Waals surface area contributed by atoms with Crippen molar-refractivity contribution >= 4 is 0 Å². The summed E-state index contributed by atoms with van der Waals surface area (Å²) in [5.74, 6) is 0. The predicted molar refractivity (Wildman–Crippen MR) is 119 cm³/mol. The van der Waals surface area contributed by atoms with Gasteiger partial charge < -0.3 is 10.4 Å². The molecule has 5 heteroatoms. The smallest absolute Gasteiger partial charge is 0.117 e. The van der Waals surface area contributed by atoms with Crippen LogP contribution in [-0.4, -0.2) is 26.6 Å². The third kappa shape index (κ3) is 5.00. The summed E-state index contributed by atoms with van der Waals surface area (Å²) in [6.07, 6.45) is -0.561. The van der Waals surface area contributed by atoms with Crippen molar-refractivity contribution in [2.45, 2.75) is 26.1 Å². The standard InChI is InChI=1S/C25H26N4O/c1-19-12-14-20(15-13-19)18-29-27-23(25(28-29)22-10-6-3-7-11-22)16-26-17-24(30)21-8-4-2-5-9-21/h2-15,24,26,30H,16-18H2,1H3/t24-/m0/s1. The van der Waals surface area contributed by atoms with Gasteiger partial charge in [0.2, 0.25) is 0 Å². The monoisotopic (exact) mass is 398 g/mol. The zero-order valence-corrected chi connectivity index (χ0v) is 17.1. The van der Waals surface area contributed by atoms with Crippen LogP contribution in [-0.2, 0) is 13.1 Å². The summed E-state index contributed by atoms with van der Waals surface area (Å²) >= 11 is 0. The molecular formula is C25H26N4O. The highest BCUT2D eigenvalue weighted by molar-refractivity contribution is 5.60. The molecule has 0 bridgehead atoms. The fraction of sp³-hybridized carbons (Fsp3) is 0.200. The molecule has 4 aromatic rings. The van der Waals surface area contributed by atoms with E-state index in [9.17, 15) is 5.11 Å². The lowest BCUT2D eigenvalue weighted by molar-refractivity contribution is 0.174. The third-order valence-corrected chi connectivity index (χ3v) is 5.03. The summed E-state index contributed by atoms with van der Waals surface area (Å²) in [6.45, 7) is 3.68. The third-order valence-electron chi connectivity index (χ3n) is 5.03. The molecule has 0 aliphatic carbocycles. The molecule has 0 aliphatic heterocycles. The van der Waals surface area contributed by atoms with Crippen molar-refractivity contribution in [2.24, 2.45) is 0 Å². The number of benzene rings is 3. The van der Waals surface area contributed by atoms with Crippen molar-refractivity contribution < 1.29 is 5.11 Å². The van der Waals surface area contributed by atoms with Crippen LogP contribution in [0.2, 0.25) is 0 Å². The van der Waals surface area contributed by atoms with Gasteiger partial charge in [0.1, 0.15) is 11.4 Å². The fourth-order valence-electron chi connectivity index (χ4n) is 3.37. The first-order chi connectivity index (χ1) is 14.7. The van der Waals surface area contributed by atoms with Crippen LogP contribution in [0.5, 0.6) is 0 Å². The van der Waals surface area contributed by atoms with E-state index >= 15 is 0 Å². The Hall–Kier alpha value is -3.28. The van der Waals surface area contributed by atoms with Crippen molar-refractivity contribution in [3.8, 4) is 11.3 Å². The maximum atomic E-state index is 10.4. The second kappa shape index (κ2) is 9.48. The van der Waals surface area contributed by atoms with E-state index in [-0.39, 0.29) is 0 Å². The number of nitrogens with zero attached hydrogens (tertiary/aromatic N) is 3. The van der Waals surface area contributed by atoms with Crippen LogP contribution in [0.3, 0.4) is 0 Å². The Bertz CT molecular complexity index is 1060. The number of aliphatic hydroxyl groups is 1. The molecule has 4 rings (SSSR count).